The van der Waals surface area contributed by atoms with Gasteiger partial charge in [-0.25, -0.2) is 14.8 Å². The Hall–Kier alpha value is -4.63. The molecular weight excluding hydrogens is 574 g/mol. The van der Waals surface area contributed by atoms with Gasteiger partial charge in [0.25, 0.3) is 0 Å². The van der Waals surface area contributed by atoms with E-state index in [4.69, 9.17) is 5.73 Å². The van der Waals surface area contributed by atoms with E-state index in [1.54, 1.807) is 12.4 Å². The first-order valence-electron chi connectivity index (χ1n) is 13.6. The number of aromatic nitrogens is 5. The summed E-state index contributed by atoms with van der Waals surface area (Å²) in [4.78, 5) is 68.8. The van der Waals surface area contributed by atoms with Crippen molar-refractivity contribution in [2.24, 2.45) is 5.73 Å². The predicted molar refractivity (Wildman–Crippen MR) is 161 cm³/mol. The van der Waals surface area contributed by atoms with Crippen LogP contribution in [0.25, 0.3) is 10.9 Å². The molecule has 0 radical (unpaired) electrons. The smallest absolute Gasteiger partial charge is 0.326 e. The third kappa shape index (κ3) is 8.68. The SMILES string of the molecule is CSCCC(NC(=O)C(N)Cc1cnc[nH]1)C(=O)NC(Cc1c[nH]c2ccccc12)C(=O)NC(Cc1cnc[nH]1)C(=O)O. The van der Waals surface area contributed by atoms with Gasteiger partial charge in [-0.15, -0.1) is 0 Å². The molecule has 14 nitrogen and oxygen atoms in total. The average Bonchev–Trinajstić information content (AvgIpc) is 3.77. The van der Waals surface area contributed by atoms with E-state index in [0.29, 0.717) is 17.1 Å². The molecule has 0 aliphatic heterocycles. The summed E-state index contributed by atoms with van der Waals surface area (Å²) in [6.07, 6.45) is 10.1. The fraction of sp³-hybridized carbons (Fsp3) is 0.357. The number of carboxylic acids is 1. The number of rotatable bonds is 16. The van der Waals surface area contributed by atoms with Crippen LogP contribution in [0.2, 0.25) is 0 Å². The number of carboxylic acid groups (broad SMARTS) is 1. The number of nitrogens with zero attached hydrogens (tertiary/aromatic N) is 2. The van der Waals surface area contributed by atoms with Crippen LogP contribution in [0.3, 0.4) is 0 Å². The maximum absolute atomic E-state index is 13.6. The Kier molecular flexibility index (Phi) is 10.9. The lowest BCUT2D eigenvalue weighted by Gasteiger charge is -2.25. The Morgan fingerprint density at radius 1 is 0.860 bits per heavy atom. The fourth-order valence-electron chi connectivity index (χ4n) is 4.60. The van der Waals surface area contributed by atoms with Gasteiger partial charge < -0.3 is 41.7 Å². The van der Waals surface area contributed by atoms with E-state index in [1.165, 1.54) is 30.6 Å². The molecule has 4 rings (SSSR count). The molecule has 9 N–H and O–H groups in total. The van der Waals surface area contributed by atoms with Gasteiger partial charge in [-0.05, 0) is 30.1 Å². The molecule has 43 heavy (non-hydrogen) atoms. The number of benzene rings is 1. The molecule has 0 aliphatic rings. The van der Waals surface area contributed by atoms with Crippen molar-refractivity contribution in [1.29, 1.82) is 0 Å². The van der Waals surface area contributed by atoms with E-state index >= 15 is 0 Å². The number of aromatic amines is 3. The van der Waals surface area contributed by atoms with Gasteiger partial charge in [-0.1, -0.05) is 18.2 Å². The standard InChI is InChI=1S/C28H35N9O5S/c1-43-7-6-22(35-25(38)20(29)9-17-12-30-14-33-17)26(39)36-23(8-16-11-32-21-5-3-2-4-19(16)21)27(40)37-24(28(41)42)10-18-13-31-15-34-18/h2-5,11-15,20,22-24,32H,6-10,29H2,1H3,(H,30,33)(H,31,34)(H,35,38)(H,36,39)(H,37,40)(H,41,42). The molecule has 0 spiro atoms. The Labute approximate surface area is 251 Å². The molecule has 4 aromatic rings. The first kappa shape index (κ1) is 31.3. The lowest BCUT2D eigenvalue weighted by Crippen LogP contribution is -2.58. The number of fused-ring (bicyclic) bond motifs is 1. The summed E-state index contributed by atoms with van der Waals surface area (Å²) >= 11 is 1.50. The zero-order chi connectivity index (χ0) is 30.8. The molecule has 0 fully saturated rings. The number of hydrogen-bond donors (Lipinski definition) is 8. The number of nitrogens with two attached hydrogens (primary N) is 1. The van der Waals surface area contributed by atoms with Gasteiger partial charge in [0.2, 0.25) is 17.7 Å². The van der Waals surface area contributed by atoms with E-state index in [9.17, 15) is 24.3 Å². The Bertz CT molecular complexity index is 1510. The molecule has 1 aromatic carbocycles. The van der Waals surface area contributed by atoms with Crippen molar-refractivity contribution >= 4 is 46.4 Å². The van der Waals surface area contributed by atoms with Gasteiger partial charge in [-0.2, -0.15) is 11.8 Å². The minimum atomic E-state index is -1.28. The van der Waals surface area contributed by atoms with Crippen LogP contribution in [0.1, 0.15) is 23.4 Å². The maximum Gasteiger partial charge on any atom is 0.326 e. The summed E-state index contributed by atoms with van der Waals surface area (Å²) in [7, 11) is 0. The summed E-state index contributed by atoms with van der Waals surface area (Å²) in [6.45, 7) is 0. The number of carbonyl (C=O) groups excluding carboxylic acids is 3. The Morgan fingerprint density at radius 2 is 1.49 bits per heavy atom. The molecular formula is C28H35N9O5S. The van der Waals surface area contributed by atoms with Crippen LogP contribution < -0.4 is 21.7 Å². The second-order valence-corrected chi connectivity index (χ2v) is 11.0. The van der Waals surface area contributed by atoms with Crippen LogP contribution in [0.5, 0.6) is 0 Å². The third-order valence-corrected chi connectivity index (χ3v) is 7.54. The van der Waals surface area contributed by atoms with E-state index < -0.39 is 47.9 Å². The minimum Gasteiger partial charge on any atom is -0.480 e. The topological polar surface area (TPSA) is 224 Å². The van der Waals surface area contributed by atoms with E-state index in [-0.39, 0.29) is 25.7 Å². The van der Waals surface area contributed by atoms with E-state index in [0.717, 1.165) is 16.5 Å². The second kappa shape index (κ2) is 15.0. The number of thioether (sulfide) groups is 1. The third-order valence-electron chi connectivity index (χ3n) is 6.90. The Morgan fingerprint density at radius 3 is 2.14 bits per heavy atom. The summed E-state index contributed by atoms with van der Waals surface area (Å²) < 4.78 is 0. The summed E-state index contributed by atoms with van der Waals surface area (Å²) in [5.41, 5.74) is 8.89. The molecule has 0 saturated heterocycles. The largest absolute Gasteiger partial charge is 0.480 e. The van der Waals surface area contributed by atoms with Gasteiger partial charge in [-0.3, -0.25) is 14.4 Å². The van der Waals surface area contributed by atoms with E-state index in [1.807, 2.05) is 30.5 Å². The predicted octanol–water partition coefficient (Wildman–Crippen LogP) is 0.261. The molecule has 3 aromatic heterocycles. The van der Waals surface area contributed by atoms with Gasteiger partial charge in [0, 0.05) is 60.1 Å². The van der Waals surface area contributed by atoms with Gasteiger partial charge in [0.05, 0.1) is 18.7 Å². The molecule has 15 heteroatoms. The number of para-hydroxylation sites is 1. The number of imidazole rings is 2. The molecule has 0 aliphatic carbocycles. The molecule has 0 saturated carbocycles. The van der Waals surface area contributed by atoms with Gasteiger partial charge >= 0.3 is 5.97 Å². The molecule has 228 valence electrons. The van der Waals surface area contributed by atoms with Crippen molar-refractivity contribution in [2.75, 3.05) is 12.0 Å². The number of carbonyl (C=O) groups is 4. The van der Waals surface area contributed by atoms with Crippen LogP contribution >= 0.6 is 11.8 Å². The van der Waals surface area contributed by atoms with Crippen LogP contribution in [0.4, 0.5) is 0 Å². The number of nitrogens with one attached hydrogen (secondary N) is 6. The molecule has 0 bridgehead atoms. The zero-order valence-electron chi connectivity index (χ0n) is 23.5. The zero-order valence-corrected chi connectivity index (χ0v) is 24.3. The molecule has 3 heterocycles. The summed E-state index contributed by atoms with van der Waals surface area (Å²) in [6, 6.07) is 3.17. The van der Waals surface area contributed by atoms with Crippen LogP contribution in [-0.2, 0) is 38.4 Å². The highest BCUT2D eigenvalue weighted by molar-refractivity contribution is 7.98. The lowest BCUT2D eigenvalue weighted by molar-refractivity contribution is -0.142. The van der Waals surface area contributed by atoms with Gasteiger partial charge in [0.15, 0.2) is 0 Å². The molecule has 4 atom stereocenters. The number of H-pyrrole nitrogens is 3. The van der Waals surface area contributed by atoms with E-state index in [2.05, 4.69) is 40.9 Å². The van der Waals surface area contributed by atoms with Crippen molar-refractivity contribution in [3.8, 4) is 0 Å². The molecule has 4 unspecified atom stereocenters. The van der Waals surface area contributed by atoms with Crippen molar-refractivity contribution in [3.05, 3.63) is 72.5 Å². The molecule has 3 amide bonds. The van der Waals surface area contributed by atoms with Crippen LogP contribution in [0, 0.1) is 0 Å². The average molecular weight is 610 g/mol. The summed E-state index contributed by atoms with van der Waals surface area (Å²) in [5.74, 6) is -2.48. The highest BCUT2D eigenvalue weighted by atomic mass is 32.2. The number of hydrogen-bond acceptors (Lipinski definition) is 8. The Balaban J connectivity index is 1.53. The van der Waals surface area contributed by atoms with Gasteiger partial charge in [0.1, 0.15) is 18.1 Å². The van der Waals surface area contributed by atoms with Crippen LogP contribution in [-0.4, -0.2) is 89.9 Å². The number of aliphatic carboxylic acids is 1. The van der Waals surface area contributed by atoms with Crippen LogP contribution in [0.15, 0.2) is 55.5 Å². The highest BCUT2D eigenvalue weighted by Crippen LogP contribution is 2.19. The van der Waals surface area contributed by atoms with Crippen molar-refractivity contribution < 1.29 is 24.3 Å². The fourth-order valence-corrected chi connectivity index (χ4v) is 5.07. The van der Waals surface area contributed by atoms with Crippen molar-refractivity contribution in [2.45, 2.75) is 49.9 Å². The monoisotopic (exact) mass is 609 g/mol. The minimum absolute atomic E-state index is 0.0323. The lowest BCUT2D eigenvalue weighted by atomic mass is 10.0. The first-order valence-corrected chi connectivity index (χ1v) is 15.0. The first-order chi connectivity index (χ1) is 20.7. The second-order valence-electron chi connectivity index (χ2n) is 10.0. The highest BCUT2D eigenvalue weighted by Gasteiger charge is 2.31. The quantitative estimate of drug-likeness (QED) is 0.0871. The maximum atomic E-state index is 13.6. The van der Waals surface area contributed by atoms with Crippen molar-refractivity contribution in [1.82, 2.24) is 40.9 Å². The number of amides is 3. The summed E-state index contributed by atoms with van der Waals surface area (Å²) in [5, 5.41) is 18.7. The van der Waals surface area contributed by atoms with Crippen molar-refractivity contribution in [3.63, 3.8) is 0 Å². The normalized spacial score (nSPS) is 14.0.